The summed E-state index contributed by atoms with van der Waals surface area (Å²) in [6.07, 6.45) is 0. The Morgan fingerprint density at radius 3 is 2.78 bits per heavy atom. The molecule has 2 rings (SSSR count). The van der Waals surface area contributed by atoms with Gasteiger partial charge in [0.2, 0.25) is 0 Å². The first-order chi connectivity index (χ1) is 11.0. The number of hydrogen-bond donors (Lipinski definition) is 2. The number of aryl methyl sites for hydroxylation is 1. The molecule has 0 radical (unpaired) electrons. The summed E-state index contributed by atoms with van der Waals surface area (Å²) in [7, 11) is 4.00. The maximum Gasteiger partial charge on any atom is 0.315 e. The quantitative estimate of drug-likeness (QED) is 0.854. The van der Waals surface area contributed by atoms with Crippen molar-refractivity contribution in [3.05, 3.63) is 45.9 Å². The van der Waals surface area contributed by atoms with Gasteiger partial charge in [0, 0.05) is 49.9 Å². The number of benzene rings is 1. The van der Waals surface area contributed by atoms with Crippen molar-refractivity contribution in [3.63, 3.8) is 0 Å². The van der Waals surface area contributed by atoms with Crippen molar-refractivity contribution < 1.29 is 4.79 Å². The molecule has 2 N–H and O–H groups in total. The summed E-state index contributed by atoms with van der Waals surface area (Å²) >= 11 is 1.64. The number of nitrogens with zero attached hydrogens (tertiary/aromatic N) is 2. The highest BCUT2D eigenvalue weighted by atomic mass is 32.1. The Balaban J connectivity index is 1.78. The molecule has 0 unspecified atom stereocenters. The zero-order chi connectivity index (χ0) is 16.8. The summed E-state index contributed by atoms with van der Waals surface area (Å²) in [6.45, 7) is 5.14. The fraction of sp³-hybridized carbons (Fsp3) is 0.412. The van der Waals surface area contributed by atoms with Crippen LogP contribution in [0, 0.1) is 6.92 Å². The average Bonchev–Trinajstić information content (AvgIpc) is 2.97. The lowest BCUT2D eigenvalue weighted by molar-refractivity contribution is 0.240. The van der Waals surface area contributed by atoms with E-state index in [1.54, 1.807) is 11.3 Å². The Labute approximate surface area is 141 Å². The van der Waals surface area contributed by atoms with E-state index in [0.29, 0.717) is 13.1 Å². The molecule has 0 aliphatic carbocycles. The number of carbonyl (C=O) groups excluding carboxylic acids is 1. The summed E-state index contributed by atoms with van der Waals surface area (Å²) in [5, 5.41) is 8.88. The fourth-order valence-corrected chi connectivity index (χ4v) is 2.98. The highest BCUT2D eigenvalue weighted by Gasteiger charge is 2.11. The molecule has 1 atom stereocenters. The molecular formula is C17H24N4OS. The molecule has 1 aromatic heterocycles. The van der Waals surface area contributed by atoms with Crippen LogP contribution in [0.1, 0.15) is 29.1 Å². The van der Waals surface area contributed by atoms with Gasteiger partial charge in [-0.25, -0.2) is 9.78 Å². The Kier molecular flexibility index (Phi) is 5.98. The minimum Gasteiger partial charge on any atom is -0.378 e. The normalized spacial score (nSPS) is 11.8. The van der Waals surface area contributed by atoms with Gasteiger partial charge in [0.1, 0.15) is 0 Å². The predicted molar refractivity (Wildman–Crippen MR) is 96.3 cm³/mol. The SMILES string of the molecule is Cc1csc([C@H](C)CNC(=O)NCc2cccc(N(C)C)c2)n1. The molecule has 0 spiro atoms. The van der Waals surface area contributed by atoms with Crippen LogP contribution in [0.3, 0.4) is 0 Å². The Morgan fingerprint density at radius 2 is 2.13 bits per heavy atom. The van der Waals surface area contributed by atoms with Gasteiger partial charge in [0.05, 0.1) is 5.01 Å². The molecule has 0 bridgehead atoms. The highest BCUT2D eigenvalue weighted by molar-refractivity contribution is 7.09. The monoisotopic (exact) mass is 332 g/mol. The average molecular weight is 332 g/mol. The third-order valence-electron chi connectivity index (χ3n) is 3.51. The zero-order valence-electron chi connectivity index (χ0n) is 14.1. The first-order valence-corrected chi connectivity index (χ1v) is 8.53. The van der Waals surface area contributed by atoms with Crippen LogP contribution in [0.25, 0.3) is 0 Å². The molecule has 1 heterocycles. The third kappa shape index (κ3) is 5.25. The molecule has 0 aliphatic heterocycles. The Morgan fingerprint density at radius 1 is 1.35 bits per heavy atom. The minimum atomic E-state index is -0.152. The number of aromatic nitrogens is 1. The van der Waals surface area contributed by atoms with Gasteiger partial charge in [-0.2, -0.15) is 0 Å². The van der Waals surface area contributed by atoms with Crippen LogP contribution in [-0.4, -0.2) is 31.7 Å². The van der Waals surface area contributed by atoms with Crippen molar-refractivity contribution in [2.75, 3.05) is 25.5 Å². The second-order valence-electron chi connectivity index (χ2n) is 5.86. The van der Waals surface area contributed by atoms with Gasteiger partial charge in [-0.1, -0.05) is 19.1 Å². The molecule has 0 aliphatic rings. The summed E-state index contributed by atoms with van der Waals surface area (Å²) < 4.78 is 0. The summed E-state index contributed by atoms with van der Waals surface area (Å²) in [4.78, 5) is 18.4. The van der Waals surface area contributed by atoms with Crippen molar-refractivity contribution in [1.82, 2.24) is 15.6 Å². The van der Waals surface area contributed by atoms with Gasteiger partial charge >= 0.3 is 6.03 Å². The smallest absolute Gasteiger partial charge is 0.315 e. The molecule has 23 heavy (non-hydrogen) atoms. The largest absolute Gasteiger partial charge is 0.378 e. The van der Waals surface area contributed by atoms with E-state index in [1.807, 2.05) is 49.5 Å². The van der Waals surface area contributed by atoms with E-state index >= 15 is 0 Å². The molecule has 1 aromatic carbocycles. The van der Waals surface area contributed by atoms with E-state index in [0.717, 1.165) is 22.0 Å². The lowest BCUT2D eigenvalue weighted by atomic mass is 10.2. The lowest BCUT2D eigenvalue weighted by Gasteiger charge is -2.14. The number of hydrogen-bond acceptors (Lipinski definition) is 4. The van der Waals surface area contributed by atoms with Crippen molar-refractivity contribution in [2.45, 2.75) is 26.3 Å². The van der Waals surface area contributed by atoms with Crippen LogP contribution in [0.4, 0.5) is 10.5 Å². The first-order valence-electron chi connectivity index (χ1n) is 7.65. The maximum absolute atomic E-state index is 11.9. The van der Waals surface area contributed by atoms with Crippen LogP contribution in [-0.2, 0) is 6.54 Å². The van der Waals surface area contributed by atoms with Crippen LogP contribution in [0.15, 0.2) is 29.6 Å². The van der Waals surface area contributed by atoms with Crippen molar-refractivity contribution in [3.8, 4) is 0 Å². The van der Waals surface area contributed by atoms with Gasteiger partial charge in [0.15, 0.2) is 0 Å². The molecule has 5 nitrogen and oxygen atoms in total. The second-order valence-corrected chi connectivity index (χ2v) is 6.75. The maximum atomic E-state index is 11.9. The highest BCUT2D eigenvalue weighted by Crippen LogP contribution is 2.18. The molecule has 0 saturated carbocycles. The number of thiazole rings is 1. The van der Waals surface area contributed by atoms with Gasteiger partial charge in [0.25, 0.3) is 0 Å². The molecule has 0 saturated heterocycles. The van der Waals surface area contributed by atoms with Crippen molar-refractivity contribution in [2.24, 2.45) is 0 Å². The number of amides is 2. The van der Waals surface area contributed by atoms with Crippen LogP contribution in [0.5, 0.6) is 0 Å². The van der Waals surface area contributed by atoms with E-state index in [9.17, 15) is 4.79 Å². The van der Waals surface area contributed by atoms with Gasteiger partial charge < -0.3 is 15.5 Å². The zero-order valence-corrected chi connectivity index (χ0v) is 14.9. The number of carbonyl (C=O) groups is 1. The fourth-order valence-electron chi connectivity index (χ4n) is 2.12. The van der Waals surface area contributed by atoms with Crippen LogP contribution >= 0.6 is 11.3 Å². The van der Waals surface area contributed by atoms with Gasteiger partial charge in [-0.15, -0.1) is 11.3 Å². The molecule has 2 aromatic rings. The summed E-state index contributed by atoms with van der Waals surface area (Å²) in [5.41, 5.74) is 3.23. The minimum absolute atomic E-state index is 0.152. The molecule has 2 amide bonds. The van der Waals surface area contributed by atoms with Gasteiger partial charge in [-0.05, 0) is 24.6 Å². The Bertz CT molecular complexity index is 654. The van der Waals surface area contributed by atoms with Crippen LogP contribution < -0.4 is 15.5 Å². The molecule has 6 heteroatoms. The standard InChI is InChI=1S/C17H24N4OS/c1-12(16-20-13(2)11-23-16)9-18-17(22)19-10-14-6-5-7-15(8-14)21(3)4/h5-8,11-12H,9-10H2,1-4H3,(H2,18,19,22)/t12-/m1/s1. The van der Waals surface area contributed by atoms with Gasteiger partial charge in [-0.3, -0.25) is 0 Å². The Hall–Kier alpha value is -2.08. The summed E-state index contributed by atoms with van der Waals surface area (Å²) in [5.74, 6) is 0.219. The van der Waals surface area contributed by atoms with E-state index in [4.69, 9.17) is 0 Å². The number of rotatable bonds is 6. The van der Waals surface area contributed by atoms with E-state index in [2.05, 4.69) is 28.6 Å². The van der Waals surface area contributed by atoms with E-state index in [1.165, 1.54) is 0 Å². The first kappa shape index (κ1) is 17.3. The number of nitrogens with one attached hydrogen (secondary N) is 2. The van der Waals surface area contributed by atoms with Crippen molar-refractivity contribution >= 4 is 23.1 Å². The van der Waals surface area contributed by atoms with Crippen LogP contribution in [0.2, 0.25) is 0 Å². The number of anilines is 1. The molecule has 124 valence electrons. The lowest BCUT2D eigenvalue weighted by Crippen LogP contribution is -2.37. The third-order valence-corrected chi connectivity index (χ3v) is 4.70. The van der Waals surface area contributed by atoms with Crippen molar-refractivity contribution in [1.29, 1.82) is 0 Å². The predicted octanol–water partition coefficient (Wildman–Crippen LogP) is 3.12. The van der Waals surface area contributed by atoms with E-state index < -0.39 is 0 Å². The second kappa shape index (κ2) is 7.97. The number of urea groups is 1. The topological polar surface area (TPSA) is 57.3 Å². The van der Waals surface area contributed by atoms with E-state index in [-0.39, 0.29) is 11.9 Å². The molecule has 0 fully saturated rings. The summed E-state index contributed by atoms with van der Waals surface area (Å²) in [6, 6.07) is 7.97. The molecular weight excluding hydrogens is 308 g/mol.